The molecule has 3 aliphatic carbocycles. The van der Waals surface area contributed by atoms with Crippen molar-refractivity contribution in [2.75, 3.05) is 26.3 Å². The van der Waals surface area contributed by atoms with Gasteiger partial charge in [-0.2, -0.15) is 0 Å². The van der Waals surface area contributed by atoms with E-state index in [1.54, 1.807) is 0 Å². The van der Waals surface area contributed by atoms with E-state index in [0.717, 1.165) is 38.9 Å². The van der Waals surface area contributed by atoms with Crippen molar-refractivity contribution in [3.8, 4) is 0 Å². The Hall–Kier alpha value is -0.200. The molecule has 0 amide bonds. The molecule has 3 aliphatic rings. The van der Waals surface area contributed by atoms with Gasteiger partial charge in [0.05, 0.1) is 18.3 Å². The highest BCUT2D eigenvalue weighted by Crippen LogP contribution is 2.66. The molecule has 0 aromatic carbocycles. The molecule has 3 fully saturated rings. The fourth-order valence-corrected chi connectivity index (χ4v) is 8.26. The van der Waals surface area contributed by atoms with Gasteiger partial charge in [0.2, 0.25) is 0 Å². The van der Waals surface area contributed by atoms with E-state index in [0.29, 0.717) is 54.4 Å². The molecule has 0 aromatic rings. The summed E-state index contributed by atoms with van der Waals surface area (Å²) in [7, 11) is 0. The van der Waals surface area contributed by atoms with Gasteiger partial charge in [0, 0.05) is 13.2 Å². The second kappa shape index (κ2) is 12.2. The fourth-order valence-electron chi connectivity index (χ4n) is 8.26. The van der Waals surface area contributed by atoms with Crippen LogP contribution >= 0.6 is 0 Å². The van der Waals surface area contributed by atoms with E-state index < -0.39 is 0 Å². The summed E-state index contributed by atoms with van der Waals surface area (Å²) >= 11 is 0. The molecule has 0 aromatic heterocycles. The predicted octanol–water partition coefficient (Wildman–Crippen LogP) is 4.88. The van der Waals surface area contributed by atoms with Crippen molar-refractivity contribution >= 4 is 0 Å². The van der Waals surface area contributed by atoms with Gasteiger partial charge in [-0.15, -0.1) is 0 Å². The minimum atomic E-state index is -0.209. The molecule has 3 rings (SSSR count). The minimum absolute atomic E-state index is 0.209. The van der Waals surface area contributed by atoms with Crippen molar-refractivity contribution in [2.45, 2.75) is 117 Å². The summed E-state index contributed by atoms with van der Waals surface area (Å²) in [6, 6.07) is 0. The lowest BCUT2D eigenvalue weighted by Gasteiger charge is -2.59. The summed E-state index contributed by atoms with van der Waals surface area (Å²) in [5.41, 5.74) is 12.0. The Morgan fingerprint density at radius 2 is 1.70 bits per heavy atom. The Balaban J connectivity index is 1.76. The van der Waals surface area contributed by atoms with Crippen LogP contribution in [0.2, 0.25) is 0 Å². The van der Waals surface area contributed by atoms with Gasteiger partial charge in [0.15, 0.2) is 0 Å². The molecule has 0 spiro atoms. The maximum Gasteiger partial charge on any atom is 0.0609 e. The van der Waals surface area contributed by atoms with Gasteiger partial charge >= 0.3 is 0 Å². The SMILES string of the molecule is CC[C@@H](CCC1(C)CC[C@@H](OCCCN)C2C3CC[C@H](C(C)O)[C@@]3(C)CC[C@@H]21)OCCCN. The van der Waals surface area contributed by atoms with Crippen LogP contribution in [0.25, 0.3) is 0 Å². The highest BCUT2D eigenvalue weighted by Gasteiger charge is 2.60. The second-order valence-electron chi connectivity index (χ2n) is 12.1. The molecule has 5 nitrogen and oxygen atoms in total. The highest BCUT2D eigenvalue weighted by molar-refractivity contribution is 5.09. The molecule has 33 heavy (non-hydrogen) atoms. The predicted molar refractivity (Wildman–Crippen MR) is 136 cm³/mol. The van der Waals surface area contributed by atoms with Gasteiger partial charge < -0.3 is 26.0 Å². The molecule has 194 valence electrons. The number of ether oxygens (including phenoxy) is 2. The van der Waals surface area contributed by atoms with Crippen LogP contribution in [-0.4, -0.2) is 49.7 Å². The van der Waals surface area contributed by atoms with Crippen LogP contribution in [0.15, 0.2) is 0 Å². The third-order valence-electron chi connectivity index (χ3n) is 10.2. The highest BCUT2D eigenvalue weighted by atomic mass is 16.5. The lowest BCUT2D eigenvalue weighted by Crippen LogP contribution is -2.55. The van der Waals surface area contributed by atoms with Gasteiger partial charge in [-0.3, -0.25) is 0 Å². The molecular weight excluding hydrogens is 412 g/mol. The number of hydrogen-bond acceptors (Lipinski definition) is 5. The molecule has 5 heteroatoms. The molecule has 3 saturated carbocycles. The standard InChI is InChI=1S/C28H54N2O3/c1-5-21(32-18-6-16-29)10-13-27(3)14-12-25(33-19-7-17-30)26-23(27)11-15-28(4)22(20(2)31)8-9-24(26)28/h20-26,31H,5-19,29-30H2,1-4H3/t20?,21-,22+,23-,24?,25+,26?,27?,28+/m0/s1. The van der Waals surface area contributed by atoms with Crippen LogP contribution in [0.1, 0.15) is 98.3 Å². The van der Waals surface area contributed by atoms with E-state index in [2.05, 4.69) is 20.8 Å². The molecule has 0 radical (unpaired) electrons. The summed E-state index contributed by atoms with van der Waals surface area (Å²) in [5, 5.41) is 10.6. The van der Waals surface area contributed by atoms with Gasteiger partial charge in [0.25, 0.3) is 0 Å². The normalized spacial score (nSPS) is 40.3. The van der Waals surface area contributed by atoms with E-state index in [1.807, 2.05) is 6.92 Å². The van der Waals surface area contributed by atoms with Crippen LogP contribution in [0, 0.1) is 34.5 Å². The second-order valence-corrected chi connectivity index (χ2v) is 12.1. The zero-order chi connectivity index (χ0) is 24.1. The Bertz CT molecular complexity index is 587. The first-order valence-electron chi connectivity index (χ1n) is 14.1. The van der Waals surface area contributed by atoms with E-state index >= 15 is 0 Å². The van der Waals surface area contributed by atoms with Crippen LogP contribution < -0.4 is 11.5 Å². The van der Waals surface area contributed by atoms with Crippen molar-refractivity contribution in [3.05, 3.63) is 0 Å². The van der Waals surface area contributed by atoms with Gasteiger partial charge in [0.1, 0.15) is 0 Å². The molecule has 9 atom stereocenters. The molecule has 0 heterocycles. The Labute approximate surface area is 203 Å². The van der Waals surface area contributed by atoms with Gasteiger partial charge in [-0.25, -0.2) is 0 Å². The summed E-state index contributed by atoms with van der Waals surface area (Å²) in [5.74, 6) is 2.42. The first-order valence-corrected chi connectivity index (χ1v) is 14.1. The number of rotatable bonds is 13. The lowest BCUT2D eigenvalue weighted by atomic mass is 9.47. The van der Waals surface area contributed by atoms with Crippen LogP contribution in [-0.2, 0) is 9.47 Å². The van der Waals surface area contributed by atoms with Gasteiger partial charge in [-0.1, -0.05) is 20.8 Å². The van der Waals surface area contributed by atoms with E-state index in [4.69, 9.17) is 20.9 Å². The first kappa shape index (κ1) is 27.4. The monoisotopic (exact) mass is 466 g/mol. The largest absolute Gasteiger partial charge is 0.393 e. The quantitative estimate of drug-likeness (QED) is 0.336. The van der Waals surface area contributed by atoms with Crippen molar-refractivity contribution in [1.29, 1.82) is 0 Å². The van der Waals surface area contributed by atoms with Crippen LogP contribution in [0.5, 0.6) is 0 Å². The number of hydrogen-bond donors (Lipinski definition) is 3. The third-order valence-corrected chi connectivity index (χ3v) is 10.2. The average Bonchev–Trinajstić information content (AvgIpc) is 3.15. The molecular formula is C28H54N2O3. The van der Waals surface area contributed by atoms with Crippen LogP contribution in [0.4, 0.5) is 0 Å². The topological polar surface area (TPSA) is 90.7 Å². The zero-order valence-corrected chi connectivity index (χ0v) is 22.1. The first-order chi connectivity index (χ1) is 15.8. The van der Waals surface area contributed by atoms with Crippen molar-refractivity contribution in [3.63, 3.8) is 0 Å². The number of aliphatic hydroxyl groups excluding tert-OH is 1. The Morgan fingerprint density at radius 1 is 0.970 bits per heavy atom. The molecule has 5 N–H and O–H groups in total. The van der Waals surface area contributed by atoms with Crippen molar-refractivity contribution in [2.24, 2.45) is 46.0 Å². The molecule has 0 bridgehead atoms. The van der Waals surface area contributed by atoms with Crippen molar-refractivity contribution < 1.29 is 14.6 Å². The van der Waals surface area contributed by atoms with Crippen LogP contribution in [0.3, 0.4) is 0 Å². The van der Waals surface area contributed by atoms with Gasteiger partial charge in [-0.05, 0) is 125 Å². The molecule has 0 aliphatic heterocycles. The molecule has 4 unspecified atom stereocenters. The van der Waals surface area contributed by atoms with E-state index in [-0.39, 0.29) is 11.5 Å². The smallest absolute Gasteiger partial charge is 0.0609 e. The lowest BCUT2D eigenvalue weighted by molar-refractivity contribution is -0.155. The van der Waals surface area contributed by atoms with E-state index in [1.165, 1.54) is 44.9 Å². The summed E-state index contributed by atoms with van der Waals surface area (Å²) in [6.07, 6.45) is 13.2. The summed E-state index contributed by atoms with van der Waals surface area (Å²) in [6.45, 7) is 12.3. The van der Waals surface area contributed by atoms with E-state index in [9.17, 15) is 5.11 Å². The summed E-state index contributed by atoms with van der Waals surface area (Å²) < 4.78 is 12.7. The van der Waals surface area contributed by atoms with Crippen molar-refractivity contribution in [1.82, 2.24) is 0 Å². The summed E-state index contributed by atoms with van der Waals surface area (Å²) in [4.78, 5) is 0. The maximum absolute atomic E-state index is 10.6. The molecule has 0 saturated heterocycles. The number of nitrogens with two attached hydrogens (primary N) is 2. The third kappa shape index (κ3) is 5.97. The Kier molecular flexibility index (Phi) is 10.1. The fraction of sp³-hybridized carbons (Fsp3) is 1.00. The average molecular weight is 467 g/mol. The Morgan fingerprint density at radius 3 is 2.36 bits per heavy atom. The zero-order valence-electron chi connectivity index (χ0n) is 22.1. The minimum Gasteiger partial charge on any atom is -0.393 e. The number of aliphatic hydroxyl groups is 1. The number of fused-ring (bicyclic) bond motifs is 3. The maximum atomic E-state index is 10.6.